The number of rotatable bonds is 6. The minimum Gasteiger partial charge on any atom is -0.490 e. The molecule has 2 aromatic carbocycles. The Balaban J connectivity index is 1.29. The first kappa shape index (κ1) is 22.7. The molecule has 0 radical (unpaired) electrons. The molecule has 8 heteroatoms. The predicted octanol–water partition coefficient (Wildman–Crippen LogP) is 5.01. The Hall–Kier alpha value is -2.51. The van der Waals surface area contributed by atoms with Gasteiger partial charge in [0, 0.05) is 31.0 Å². The highest BCUT2D eigenvalue weighted by Crippen LogP contribution is 2.25. The minimum absolute atomic E-state index is 0.108. The summed E-state index contributed by atoms with van der Waals surface area (Å²) in [6.07, 6.45) is 3.45. The Morgan fingerprint density at radius 2 is 1.84 bits per heavy atom. The van der Waals surface area contributed by atoms with Crippen LogP contribution in [0.4, 0.5) is 0 Å². The van der Waals surface area contributed by atoms with Crippen LogP contribution >= 0.6 is 23.4 Å². The van der Waals surface area contributed by atoms with Gasteiger partial charge in [-0.15, -0.1) is 10.2 Å². The van der Waals surface area contributed by atoms with Gasteiger partial charge in [-0.25, -0.2) is 0 Å². The largest absolute Gasteiger partial charge is 0.490 e. The van der Waals surface area contributed by atoms with Crippen molar-refractivity contribution in [3.63, 3.8) is 0 Å². The number of piperidine rings is 1. The summed E-state index contributed by atoms with van der Waals surface area (Å²) < 4.78 is 8.00. The summed E-state index contributed by atoms with van der Waals surface area (Å²) in [5.41, 5.74) is 4.38. The molecule has 32 heavy (non-hydrogen) atoms. The molecule has 6 nitrogen and oxygen atoms in total. The zero-order valence-electron chi connectivity index (χ0n) is 18.5. The van der Waals surface area contributed by atoms with Crippen LogP contribution in [0.25, 0.3) is 5.69 Å². The normalized spacial score (nSPS) is 14.6. The maximum atomic E-state index is 12.8. The van der Waals surface area contributed by atoms with E-state index in [0.29, 0.717) is 29.0 Å². The first-order valence-electron chi connectivity index (χ1n) is 10.7. The molecule has 0 atom stereocenters. The maximum Gasteiger partial charge on any atom is 0.233 e. The average molecular weight is 471 g/mol. The zero-order valence-corrected chi connectivity index (χ0v) is 20.1. The molecule has 0 saturated carbocycles. The van der Waals surface area contributed by atoms with E-state index in [1.165, 1.54) is 22.9 Å². The lowest BCUT2D eigenvalue weighted by Crippen LogP contribution is -2.42. The van der Waals surface area contributed by atoms with E-state index in [2.05, 4.69) is 36.2 Å². The van der Waals surface area contributed by atoms with Crippen LogP contribution in [0.1, 0.15) is 29.5 Å². The first-order chi connectivity index (χ1) is 15.4. The summed E-state index contributed by atoms with van der Waals surface area (Å²) >= 11 is 7.65. The number of benzene rings is 2. The van der Waals surface area contributed by atoms with Crippen LogP contribution in [0.5, 0.6) is 5.75 Å². The minimum atomic E-state index is 0.108. The molecule has 168 valence electrons. The van der Waals surface area contributed by atoms with E-state index in [1.807, 2.05) is 40.7 Å². The van der Waals surface area contributed by atoms with Gasteiger partial charge in [-0.2, -0.15) is 0 Å². The van der Waals surface area contributed by atoms with Gasteiger partial charge < -0.3 is 9.64 Å². The molecule has 3 aromatic rings. The average Bonchev–Trinajstić information content (AvgIpc) is 3.26. The second-order valence-electron chi connectivity index (χ2n) is 8.15. The highest BCUT2D eigenvalue weighted by Gasteiger charge is 2.24. The summed E-state index contributed by atoms with van der Waals surface area (Å²) in [6.45, 7) is 7.56. The summed E-state index contributed by atoms with van der Waals surface area (Å²) in [6, 6.07) is 12.0. The fraction of sp³-hybridized carbons (Fsp3) is 0.375. The van der Waals surface area contributed by atoms with Crippen molar-refractivity contribution in [1.82, 2.24) is 19.7 Å². The lowest BCUT2D eigenvalue weighted by atomic mass is 10.1. The molecule has 1 saturated heterocycles. The van der Waals surface area contributed by atoms with Gasteiger partial charge >= 0.3 is 0 Å². The third-order valence-corrected chi connectivity index (χ3v) is 7.19. The van der Waals surface area contributed by atoms with Gasteiger partial charge in [0.05, 0.1) is 11.4 Å². The van der Waals surface area contributed by atoms with Crippen LogP contribution in [-0.4, -0.2) is 50.5 Å². The number of carbonyl (C=O) groups excluding carboxylic acids is 1. The number of halogens is 1. The molecule has 0 bridgehead atoms. The third-order valence-electron chi connectivity index (χ3n) is 5.85. The van der Waals surface area contributed by atoms with Gasteiger partial charge in [-0.1, -0.05) is 35.5 Å². The fourth-order valence-corrected chi connectivity index (χ4v) is 4.66. The number of carbonyl (C=O) groups is 1. The van der Waals surface area contributed by atoms with E-state index in [4.69, 9.17) is 16.3 Å². The Labute approximate surface area is 197 Å². The van der Waals surface area contributed by atoms with Crippen LogP contribution in [0.2, 0.25) is 5.02 Å². The second kappa shape index (κ2) is 9.96. The van der Waals surface area contributed by atoms with Crippen molar-refractivity contribution in [3.8, 4) is 11.4 Å². The molecule has 4 rings (SSSR count). The molecule has 1 aliphatic rings. The van der Waals surface area contributed by atoms with E-state index in [0.717, 1.165) is 29.8 Å². The quantitative estimate of drug-likeness (QED) is 0.474. The fourth-order valence-electron chi connectivity index (χ4n) is 3.65. The van der Waals surface area contributed by atoms with Crippen LogP contribution in [-0.2, 0) is 4.79 Å². The van der Waals surface area contributed by atoms with E-state index in [-0.39, 0.29) is 12.0 Å². The van der Waals surface area contributed by atoms with Crippen molar-refractivity contribution in [2.75, 3.05) is 18.8 Å². The van der Waals surface area contributed by atoms with Gasteiger partial charge in [0.2, 0.25) is 5.91 Å². The third kappa shape index (κ3) is 5.27. The highest BCUT2D eigenvalue weighted by molar-refractivity contribution is 7.99. The second-order valence-corrected chi connectivity index (χ2v) is 9.50. The number of likely N-dealkylation sites (tertiary alicyclic amines) is 1. The Bertz CT molecular complexity index is 1110. The number of amides is 1. The van der Waals surface area contributed by atoms with Crippen LogP contribution < -0.4 is 4.74 Å². The summed E-state index contributed by atoms with van der Waals surface area (Å²) in [5, 5.41) is 9.55. The first-order valence-corrected chi connectivity index (χ1v) is 12.1. The van der Waals surface area contributed by atoms with E-state index < -0.39 is 0 Å². The maximum absolute atomic E-state index is 12.8. The SMILES string of the molecule is Cc1ccc(OC2CCN(C(=O)CSc3nncn3-c3ccc(C)c(Cl)c3)CC2)cc1C. The number of aryl methyl sites for hydroxylation is 3. The summed E-state index contributed by atoms with van der Waals surface area (Å²) in [5.74, 6) is 1.33. The molecule has 0 unspecified atom stereocenters. The molecule has 1 amide bonds. The van der Waals surface area contributed by atoms with Gasteiger partial charge in [-0.3, -0.25) is 9.36 Å². The molecule has 1 fully saturated rings. The topological polar surface area (TPSA) is 60.2 Å². The number of hydrogen-bond donors (Lipinski definition) is 0. The predicted molar refractivity (Wildman–Crippen MR) is 128 cm³/mol. The molecular formula is C24H27ClN4O2S. The zero-order chi connectivity index (χ0) is 22.7. The van der Waals surface area contributed by atoms with E-state index in [9.17, 15) is 4.79 Å². The van der Waals surface area contributed by atoms with Crippen molar-refractivity contribution in [2.45, 2.75) is 44.9 Å². The van der Waals surface area contributed by atoms with Crippen LogP contribution in [0.15, 0.2) is 47.9 Å². The molecule has 1 aromatic heterocycles. The lowest BCUT2D eigenvalue weighted by molar-refractivity contribution is -0.130. The molecule has 0 N–H and O–H groups in total. The van der Waals surface area contributed by atoms with Crippen molar-refractivity contribution in [2.24, 2.45) is 0 Å². The van der Waals surface area contributed by atoms with E-state index in [1.54, 1.807) is 6.33 Å². The van der Waals surface area contributed by atoms with Gasteiger partial charge in [0.25, 0.3) is 0 Å². The number of aromatic nitrogens is 3. The highest BCUT2D eigenvalue weighted by atomic mass is 35.5. The lowest BCUT2D eigenvalue weighted by Gasteiger charge is -2.32. The number of hydrogen-bond acceptors (Lipinski definition) is 5. The van der Waals surface area contributed by atoms with Crippen molar-refractivity contribution in [3.05, 3.63) is 64.4 Å². The van der Waals surface area contributed by atoms with Gasteiger partial charge in [0.1, 0.15) is 18.2 Å². The smallest absolute Gasteiger partial charge is 0.233 e. The summed E-state index contributed by atoms with van der Waals surface area (Å²) in [7, 11) is 0. The summed E-state index contributed by atoms with van der Waals surface area (Å²) in [4.78, 5) is 14.7. The molecular weight excluding hydrogens is 444 g/mol. The number of thioether (sulfide) groups is 1. The van der Waals surface area contributed by atoms with E-state index >= 15 is 0 Å². The van der Waals surface area contributed by atoms with Crippen molar-refractivity contribution >= 4 is 29.3 Å². The van der Waals surface area contributed by atoms with Crippen LogP contribution in [0, 0.1) is 20.8 Å². The van der Waals surface area contributed by atoms with Gasteiger partial charge in [-0.05, 0) is 61.7 Å². The molecule has 0 spiro atoms. The standard InChI is InChI=1S/C24H27ClN4O2S/c1-16-5-7-21(12-18(16)3)31-20-8-10-28(11-9-20)23(30)14-32-24-27-26-15-29(24)19-6-4-17(2)22(25)13-19/h4-7,12-13,15,20H,8-11,14H2,1-3H3. The Morgan fingerprint density at radius 3 is 2.56 bits per heavy atom. The van der Waals surface area contributed by atoms with Crippen LogP contribution in [0.3, 0.4) is 0 Å². The number of nitrogens with zero attached hydrogens (tertiary/aromatic N) is 4. The molecule has 1 aliphatic heterocycles. The molecule has 2 heterocycles. The van der Waals surface area contributed by atoms with Crippen molar-refractivity contribution < 1.29 is 9.53 Å². The Kier molecular flexibility index (Phi) is 7.06. The van der Waals surface area contributed by atoms with Crippen molar-refractivity contribution in [1.29, 1.82) is 0 Å². The monoisotopic (exact) mass is 470 g/mol. The number of ether oxygens (including phenoxy) is 1. The Morgan fingerprint density at radius 1 is 1.09 bits per heavy atom. The van der Waals surface area contributed by atoms with Gasteiger partial charge in [0.15, 0.2) is 5.16 Å². The molecule has 0 aliphatic carbocycles.